The molecule has 0 radical (unpaired) electrons. The molecule has 0 aromatic carbocycles. The highest BCUT2D eigenvalue weighted by molar-refractivity contribution is 4.75. The summed E-state index contributed by atoms with van der Waals surface area (Å²) < 4.78 is 0. The molecule has 0 fully saturated rings. The monoisotopic (exact) mass is 262 g/mol. The van der Waals surface area contributed by atoms with Gasteiger partial charge in [0.15, 0.2) is 0 Å². The number of rotatable bonds is 6. The van der Waals surface area contributed by atoms with Gasteiger partial charge in [0, 0.05) is 0 Å². The van der Waals surface area contributed by atoms with Gasteiger partial charge in [-0.2, -0.15) is 0 Å². The van der Waals surface area contributed by atoms with E-state index >= 15 is 0 Å². The van der Waals surface area contributed by atoms with Crippen molar-refractivity contribution < 1.29 is 0 Å². The molecular formula is C18H46. The first-order valence-corrected chi connectivity index (χ1v) is 6.32. The Morgan fingerprint density at radius 2 is 0.944 bits per heavy atom. The molecule has 0 amide bonds. The average Bonchev–Trinajstić information content (AvgIpc) is 2.24. The summed E-state index contributed by atoms with van der Waals surface area (Å²) in [5, 5.41) is 0. The van der Waals surface area contributed by atoms with Crippen LogP contribution in [0.5, 0.6) is 0 Å². The maximum absolute atomic E-state index is 3.70. The largest absolute Gasteiger partial charge is 0.103 e. The summed E-state index contributed by atoms with van der Waals surface area (Å²) in [4.78, 5) is 0. The smallest absolute Gasteiger partial charge is 0.0241 e. The first kappa shape index (κ1) is 36.1. The van der Waals surface area contributed by atoms with E-state index in [4.69, 9.17) is 0 Å². The third-order valence-corrected chi connectivity index (χ3v) is 3.11. The normalized spacial score (nSPS) is 7.72. The van der Waals surface area contributed by atoms with Gasteiger partial charge in [0.05, 0.1) is 0 Å². The highest BCUT2D eigenvalue weighted by Gasteiger charge is 1.95. The quantitative estimate of drug-likeness (QED) is 0.425. The van der Waals surface area contributed by atoms with Gasteiger partial charge in [0.2, 0.25) is 0 Å². The Kier molecular flexibility index (Phi) is 60.3. The van der Waals surface area contributed by atoms with Gasteiger partial charge in [-0.05, 0) is 24.7 Å². The van der Waals surface area contributed by atoms with Crippen LogP contribution < -0.4 is 0 Å². The van der Waals surface area contributed by atoms with Crippen molar-refractivity contribution in [2.24, 2.45) is 11.8 Å². The van der Waals surface area contributed by atoms with Crippen molar-refractivity contribution in [2.45, 2.75) is 96.4 Å². The van der Waals surface area contributed by atoms with E-state index in [1.807, 2.05) is 6.08 Å². The third kappa shape index (κ3) is 24.8. The molecule has 0 aliphatic heterocycles. The number of hydrogen-bond acceptors (Lipinski definition) is 0. The average molecular weight is 263 g/mol. The molecule has 0 aromatic heterocycles. The van der Waals surface area contributed by atoms with Crippen molar-refractivity contribution in [2.75, 3.05) is 0 Å². The van der Waals surface area contributed by atoms with Crippen LogP contribution >= 0.6 is 0 Å². The molecule has 0 saturated carbocycles. The maximum atomic E-state index is 3.70. The van der Waals surface area contributed by atoms with Gasteiger partial charge in [-0.25, -0.2) is 0 Å². The van der Waals surface area contributed by atoms with Crippen molar-refractivity contribution in [3.63, 3.8) is 0 Å². The van der Waals surface area contributed by atoms with Crippen LogP contribution in [0.2, 0.25) is 0 Å². The lowest BCUT2D eigenvalue weighted by Gasteiger charge is -2.05. The summed E-state index contributed by atoms with van der Waals surface area (Å²) in [6.07, 6.45) is 8.56. The Bertz CT molecular complexity index is 91.1. The number of hydrogen-bond donors (Lipinski definition) is 0. The van der Waals surface area contributed by atoms with Gasteiger partial charge in [0.1, 0.15) is 0 Å². The fourth-order valence-corrected chi connectivity index (χ4v) is 1.49. The van der Waals surface area contributed by atoms with Gasteiger partial charge in [-0.1, -0.05) is 89.7 Å². The number of allylic oxidation sites excluding steroid dienone is 1. The van der Waals surface area contributed by atoms with E-state index in [1.165, 1.54) is 32.1 Å². The Morgan fingerprint density at radius 1 is 0.667 bits per heavy atom. The topological polar surface area (TPSA) is 0 Å². The second-order valence-electron chi connectivity index (χ2n) is 3.90. The molecule has 0 heteroatoms. The Hall–Kier alpha value is -0.260. The summed E-state index contributed by atoms with van der Waals surface area (Å²) in [5.41, 5.74) is 0. The van der Waals surface area contributed by atoms with Crippen molar-refractivity contribution in [1.82, 2.24) is 0 Å². The highest BCUT2D eigenvalue weighted by Crippen LogP contribution is 2.10. The van der Waals surface area contributed by atoms with E-state index in [0.29, 0.717) is 0 Å². The Morgan fingerprint density at radius 3 is 0.944 bits per heavy atom. The van der Waals surface area contributed by atoms with Gasteiger partial charge in [-0.15, -0.1) is 6.58 Å². The van der Waals surface area contributed by atoms with Crippen molar-refractivity contribution in [3.8, 4) is 0 Å². The van der Waals surface area contributed by atoms with Gasteiger partial charge in [0.25, 0.3) is 0 Å². The zero-order valence-corrected chi connectivity index (χ0v) is 11.0. The van der Waals surface area contributed by atoms with Crippen LogP contribution in [-0.4, -0.2) is 0 Å². The van der Waals surface area contributed by atoms with Gasteiger partial charge < -0.3 is 0 Å². The van der Waals surface area contributed by atoms with Crippen LogP contribution in [0.4, 0.5) is 0 Å². The predicted molar refractivity (Wildman–Crippen MR) is 95.6 cm³/mol. The van der Waals surface area contributed by atoms with Crippen LogP contribution in [0.15, 0.2) is 12.7 Å². The minimum absolute atomic E-state index is 0. The lowest BCUT2D eigenvalue weighted by molar-refractivity contribution is 0.477. The molecule has 0 spiro atoms. The fraction of sp³-hybridized carbons (Fsp3) is 0.889. The van der Waals surface area contributed by atoms with Gasteiger partial charge >= 0.3 is 0 Å². The molecular weight excluding hydrogens is 216 g/mol. The molecule has 0 N–H and O–H groups in total. The summed E-state index contributed by atoms with van der Waals surface area (Å²) in [5.74, 6) is 1.74. The molecule has 0 aliphatic rings. The molecule has 0 atom stereocenters. The zero-order chi connectivity index (χ0) is 11.4. The SMILES string of the molecule is C.C.C.C.C=CC(CC)CC.CCC(CC)CC. The van der Waals surface area contributed by atoms with E-state index in [-0.39, 0.29) is 29.7 Å². The van der Waals surface area contributed by atoms with E-state index in [2.05, 4.69) is 41.2 Å². The second kappa shape index (κ2) is 30.1. The summed E-state index contributed by atoms with van der Waals surface area (Å²) in [6, 6.07) is 0. The molecule has 0 unspecified atom stereocenters. The molecule has 0 bridgehead atoms. The third-order valence-electron chi connectivity index (χ3n) is 3.11. The summed E-state index contributed by atoms with van der Waals surface area (Å²) in [6.45, 7) is 14.9. The highest BCUT2D eigenvalue weighted by atomic mass is 14.0. The van der Waals surface area contributed by atoms with Gasteiger partial charge in [-0.3, -0.25) is 0 Å². The van der Waals surface area contributed by atoms with Crippen molar-refractivity contribution in [1.29, 1.82) is 0 Å². The van der Waals surface area contributed by atoms with E-state index < -0.39 is 0 Å². The molecule has 0 aliphatic carbocycles. The van der Waals surface area contributed by atoms with Crippen LogP contribution in [0.1, 0.15) is 96.4 Å². The first-order valence-electron chi connectivity index (χ1n) is 6.32. The lowest BCUT2D eigenvalue weighted by Crippen LogP contribution is -1.91. The fourth-order valence-electron chi connectivity index (χ4n) is 1.49. The minimum Gasteiger partial charge on any atom is -0.103 e. The lowest BCUT2D eigenvalue weighted by atomic mass is 10.0. The predicted octanol–water partition coefficient (Wildman–Crippen LogP) is 7.99. The molecule has 0 saturated heterocycles. The maximum Gasteiger partial charge on any atom is -0.0241 e. The summed E-state index contributed by atoms with van der Waals surface area (Å²) in [7, 11) is 0. The van der Waals surface area contributed by atoms with Crippen molar-refractivity contribution >= 4 is 0 Å². The molecule has 118 valence electrons. The molecule has 0 aromatic rings. The Labute approximate surface area is 121 Å². The Balaban J connectivity index is -0.0000000327. The standard InChI is InChI=1S/C7H16.C7H14.4CH4/c2*1-4-7(5-2)6-3;;;;/h7H,4-6H2,1-3H3;4,7H,1,5-6H2,2-3H3;4*1H4. The van der Waals surface area contributed by atoms with E-state index in [1.54, 1.807) is 0 Å². The summed E-state index contributed by atoms with van der Waals surface area (Å²) >= 11 is 0. The molecule has 0 heterocycles. The zero-order valence-electron chi connectivity index (χ0n) is 11.0. The van der Waals surface area contributed by atoms with Crippen LogP contribution in [-0.2, 0) is 0 Å². The first-order chi connectivity index (χ1) is 6.69. The van der Waals surface area contributed by atoms with Crippen LogP contribution in [0, 0.1) is 11.8 Å². The molecule has 18 heavy (non-hydrogen) atoms. The van der Waals surface area contributed by atoms with Crippen LogP contribution in [0.3, 0.4) is 0 Å². The van der Waals surface area contributed by atoms with Crippen molar-refractivity contribution in [3.05, 3.63) is 12.7 Å². The van der Waals surface area contributed by atoms with E-state index in [9.17, 15) is 0 Å². The van der Waals surface area contributed by atoms with Crippen LogP contribution in [0.25, 0.3) is 0 Å². The second-order valence-corrected chi connectivity index (χ2v) is 3.90. The molecule has 0 rings (SSSR count). The molecule has 0 nitrogen and oxygen atoms in total. The minimum atomic E-state index is 0. The van der Waals surface area contributed by atoms with E-state index in [0.717, 1.165) is 11.8 Å².